The van der Waals surface area contributed by atoms with Gasteiger partial charge in [0, 0.05) is 11.4 Å². The number of fused-ring (bicyclic) bond motifs is 1. The highest BCUT2D eigenvalue weighted by Crippen LogP contribution is 2.38. The Balaban J connectivity index is 1.90. The van der Waals surface area contributed by atoms with Crippen LogP contribution in [0.1, 0.15) is 22.4 Å². The zero-order chi connectivity index (χ0) is 14.0. The van der Waals surface area contributed by atoms with Gasteiger partial charge in [-0.1, -0.05) is 12.1 Å². The standard InChI is InChI=1S/C16H16N2OS/c1-19-13-5-4-12-6-7-16(11-17,15(12)9-13)18-10-14-3-2-8-20-14/h2-5,8-9,18H,6-7,10H2,1H3. The number of benzene rings is 1. The third-order valence-electron chi connectivity index (χ3n) is 3.88. The fourth-order valence-corrected chi connectivity index (χ4v) is 3.39. The molecule has 20 heavy (non-hydrogen) atoms. The van der Waals surface area contributed by atoms with E-state index in [0.29, 0.717) is 0 Å². The first-order valence-corrected chi connectivity index (χ1v) is 7.51. The maximum atomic E-state index is 9.71. The molecule has 1 unspecified atom stereocenters. The number of nitrogens with one attached hydrogen (secondary N) is 1. The van der Waals surface area contributed by atoms with Gasteiger partial charge in [0.05, 0.1) is 13.2 Å². The minimum atomic E-state index is -0.589. The second-order valence-corrected chi connectivity index (χ2v) is 6.01. The average Bonchev–Trinajstić information content (AvgIpc) is 3.13. The molecule has 1 aliphatic rings. The first kappa shape index (κ1) is 13.2. The monoisotopic (exact) mass is 284 g/mol. The molecule has 102 valence electrons. The van der Waals surface area contributed by atoms with Crippen LogP contribution in [0, 0.1) is 11.3 Å². The summed E-state index contributed by atoms with van der Waals surface area (Å²) in [5, 5.41) is 15.2. The first-order chi connectivity index (χ1) is 9.77. The Morgan fingerprint density at radius 2 is 2.35 bits per heavy atom. The lowest BCUT2D eigenvalue weighted by Crippen LogP contribution is -2.38. The molecular weight excluding hydrogens is 268 g/mol. The van der Waals surface area contributed by atoms with E-state index in [-0.39, 0.29) is 0 Å². The van der Waals surface area contributed by atoms with Crippen molar-refractivity contribution >= 4 is 11.3 Å². The summed E-state index contributed by atoms with van der Waals surface area (Å²) in [7, 11) is 1.66. The van der Waals surface area contributed by atoms with E-state index in [1.54, 1.807) is 18.4 Å². The van der Waals surface area contributed by atoms with Crippen LogP contribution in [0.5, 0.6) is 5.75 Å². The van der Waals surface area contributed by atoms with Gasteiger partial charge in [0.1, 0.15) is 11.3 Å². The molecule has 1 N–H and O–H groups in total. The smallest absolute Gasteiger partial charge is 0.133 e. The number of aryl methyl sites for hydroxylation is 1. The molecule has 0 saturated carbocycles. The van der Waals surface area contributed by atoms with Crippen molar-refractivity contribution in [2.45, 2.75) is 24.9 Å². The molecule has 0 aliphatic heterocycles. The molecule has 1 aromatic carbocycles. The van der Waals surface area contributed by atoms with Crippen LogP contribution in [0.25, 0.3) is 0 Å². The number of hydrogen-bond donors (Lipinski definition) is 1. The van der Waals surface area contributed by atoms with Crippen molar-refractivity contribution in [3.63, 3.8) is 0 Å². The van der Waals surface area contributed by atoms with Crippen LogP contribution in [-0.2, 0) is 18.5 Å². The van der Waals surface area contributed by atoms with Gasteiger partial charge >= 0.3 is 0 Å². The minimum absolute atomic E-state index is 0.589. The van der Waals surface area contributed by atoms with E-state index in [1.165, 1.54) is 10.4 Å². The van der Waals surface area contributed by atoms with Crippen LogP contribution < -0.4 is 10.1 Å². The van der Waals surface area contributed by atoms with Gasteiger partial charge in [0.2, 0.25) is 0 Å². The van der Waals surface area contributed by atoms with Gasteiger partial charge < -0.3 is 4.74 Å². The maximum Gasteiger partial charge on any atom is 0.133 e. The van der Waals surface area contributed by atoms with Crippen molar-refractivity contribution in [3.05, 3.63) is 51.7 Å². The summed E-state index contributed by atoms with van der Waals surface area (Å²) >= 11 is 1.71. The van der Waals surface area contributed by atoms with E-state index in [0.717, 1.165) is 30.7 Å². The lowest BCUT2D eigenvalue weighted by atomic mass is 9.93. The summed E-state index contributed by atoms with van der Waals surface area (Å²) < 4.78 is 5.29. The second-order valence-electron chi connectivity index (χ2n) is 4.97. The van der Waals surface area contributed by atoms with Gasteiger partial charge in [-0.05, 0) is 47.5 Å². The molecule has 0 amide bonds. The Morgan fingerprint density at radius 3 is 3.05 bits per heavy atom. The molecule has 3 rings (SSSR count). The molecule has 0 spiro atoms. The van der Waals surface area contributed by atoms with E-state index in [4.69, 9.17) is 4.74 Å². The van der Waals surface area contributed by atoms with Gasteiger partial charge in [-0.2, -0.15) is 5.26 Å². The van der Waals surface area contributed by atoms with Gasteiger partial charge in [0.25, 0.3) is 0 Å². The molecule has 0 bridgehead atoms. The van der Waals surface area contributed by atoms with Crippen molar-refractivity contribution in [1.29, 1.82) is 5.26 Å². The van der Waals surface area contributed by atoms with E-state index in [2.05, 4.69) is 28.9 Å². The summed E-state index contributed by atoms with van der Waals surface area (Å²) in [6.45, 7) is 0.724. The van der Waals surface area contributed by atoms with Crippen LogP contribution >= 0.6 is 11.3 Å². The van der Waals surface area contributed by atoms with Crippen LogP contribution in [0.4, 0.5) is 0 Å². The van der Waals surface area contributed by atoms with Crippen LogP contribution in [-0.4, -0.2) is 7.11 Å². The van der Waals surface area contributed by atoms with Gasteiger partial charge in [-0.3, -0.25) is 5.32 Å². The third-order valence-corrected chi connectivity index (χ3v) is 4.76. The number of methoxy groups -OCH3 is 1. The highest BCUT2D eigenvalue weighted by Gasteiger charge is 2.39. The van der Waals surface area contributed by atoms with Crippen molar-refractivity contribution < 1.29 is 4.74 Å². The predicted molar refractivity (Wildman–Crippen MR) is 79.8 cm³/mol. The molecule has 0 saturated heterocycles. The summed E-state index contributed by atoms with van der Waals surface area (Å²) in [5.41, 5.74) is 1.72. The fourth-order valence-electron chi connectivity index (χ4n) is 2.75. The van der Waals surface area contributed by atoms with Crippen molar-refractivity contribution in [2.24, 2.45) is 0 Å². The minimum Gasteiger partial charge on any atom is -0.497 e. The summed E-state index contributed by atoms with van der Waals surface area (Å²) in [4.78, 5) is 1.25. The number of rotatable bonds is 4. The Bertz CT molecular complexity index is 645. The molecule has 1 heterocycles. The van der Waals surface area contributed by atoms with Crippen LogP contribution in [0.3, 0.4) is 0 Å². The van der Waals surface area contributed by atoms with E-state index >= 15 is 0 Å². The van der Waals surface area contributed by atoms with Gasteiger partial charge in [0.15, 0.2) is 0 Å². The zero-order valence-electron chi connectivity index (χ0n) is 11.3. The van der Waals surface area contributed by atoms with Crippen molar-refractivity contribution in [2.75, 3.05) is 7.11 Å². The molecule has 1 atom stereocenters. The van der Waals surface area contributed by atoms with E-state index in [1.807, 2.05) is 18.2 Å². The Morgan fingerprint density at radius 1 is 1.45 bits per heavy atom. The maximum absolute atomic E-state index is 9.71. The van der Waals surface area contributed by atoms with E-state index < -0.39 is 5.54 Å². The normalized spacial score (nSPS) is 20.4. The third kappa shape index (κ3) is 2.20. The highest BCUT2D eigenvalue weighted by molar-refractivity contribution is 7.09. The lowest BCUT2D eigenvalue weighted by molar-refractivity contribution is 0.405. The fraction of sp³-hybridized carbons (Fsp3) is 0.312. The Hall–Kier alpha value is -1.83. The average molecular weight is 284 g/mol. The van der Waals surface area contributed by atoms with Crippen molar-refractivity contribution in [1.82, 2.24) is 5.32 Å². The second kappa shape index (κ2) is 5.28. The summed E-state index contributed by atoms with van der Waals surface area (Å²) in [6, 6.07) is 12.6. The van der Waals surface area contributed by atoms with Crippen LogP contribution in [0.15, 0.2) is 35.7 Å². The zero-order valence-corrected chi connectivity index (χ0v) is 12.2. The Labute approximate surface area is 122 Å². The summed E-state index contributed by atoms with van der Waals surface area (Å²) in [6.07, 6.45) is 1.75. The highest BCUT2D eigenvalue weighted by atomic mass is 32.1. The number of hydrogen-bond acceptors (Lipinski definition) is 4. The first-order valence-electron chi connectivity index (χ1n) is 6.63. The molecule has 2 aromatic rings. The topological polar surface area (TPSA) is 45.0 Å². The lowest BCUT2D eigenvalue weighted by Gasteiger charge is -2.24. The summed E-state index contributed by atoms with van der Waals surface area (Å²) in [5.74, 6) is 0.809. The number of nitriles is 1. The molecular formula is C16H16N2OS. The molecule has 1 aromatic heterocycles. The van der Waals surface area contributed by atoms with Gasteiger partial charge in [-0.15, -0.1) is 11.3 Å². The van der Waals surface area contributed by atoms with E-state index in [9.17, 15) is 5.26 Å². The number of nitrogens with zero attached hydrogens (tertiary/aromatic N) is 1. The number of thiophene rings is 1. The van der Waals surface area contributed by atoms with Gasteiger partial charge in [-0.25, -0.2) is 0 Å². The molecule has 0 fully saturated rings. The van der Waals surface area contributed by atoms with Crippen molar-refractivity contribution in [3.8, 4) is 11.8 Å². The quantitative estimate of drug-likeness (QED) is 0.937. The largest absolute Gasteiger partial charge is 0.497 e. The number of ether oxygens (including phenoxy) is 1. The molecule has 3 nitrogen and oxygen atoms in total. The Kier molecular flexibility index (Phi) is 3.47. The predicted octanol–water partition coefficient (Wildman–Crippen LogP) is 3.21. The molecule has 1 aliphatic carbocycles. The molecule has 4 heteroatoms. The van der Waals surface area contributed by atoms with Crippen LogP contribution in [0.2, 0.25) is 0 Å². The SMILES string of the molecule is COc1ccc2c(c1)C(C#N)(NCc1cccs1)CC2. The molecule has 0 radical (unpaired) electrons.